The third kappa shape index (κ3) is 2.97. The molecular formula is C11H10FNO2S. The van der Waals surface area contributed by atoms with Crippen molar-refractivity contribution in [3.63, 3.8) is 0 Å². The normalized spacial score (nSPS) is 9.44. The van der Waals surface area contributed by atoms with Gasteiger partial charge in [-0.1, -0.05) is 11.8 Å². The van der Waals surface area contributed by atoms with Crippen LogP contribution in [0.4, 0.5) is 10.1 Å². The summed E-state index contributed by atoms with van der Waals surface area (Å²) in [5.41, 5.74) is 0.234. The van der Waals surface area contributed by atoms with Gasteiger partial charge in [0, 0.05) is 23.8 Å². The molecule has 0 saturated carbocycles. The Labute approximate surface area is 98.2 Å². The molecule has 0 radical (unpaired) electrons. The number of benzene rings is 1. The summed E-state index contributed by atoms with van der Waals surface area (Å²) in [5.74, 6) is 5.29. The highest BCUT2D eigenvalue weighted by atomic mass is 32.1. The SMILES string of the molecule is Cc1cc(F)c(C#CCCS)cc1[N+](=O)[O-]. The molecule has 0 heterocycles. The van der Waals surface area contributed by atoms with Gasteiger partial charge in [0.25, 0.3) is 5.69 Å². The maximum absolute atomic E-state index is 13.4. The molecule has 84 valence electrons. The molecule has 1 rings (SSSR count). The van der Waals surface area contributed by atoms with Crippen LogP contribution in [0.5, 0.6) is 0 Å². The smallest absolute Gasteiger partial charge is 0.258 e. The summed E-state index contributed by atoms with van der Waals surface area (Å²) < 4.78 is 13.4. The molecule has 0 aliphatic carbocycles. The molecule has 0 saturated heterocycles. The Balaban J connectivity index is 3.16. The van der Waals surface area contributed by atoms with Crippen LogP contribution in [-0.2, 0) is 0 Å². The summed E-state index contributed by atoms with van der Waals surface area (Å²) in [7, 11) is 0. The number of thiol groups is 1. The van der Waals surface area contributed by atoms with Gasteiger partial charge in [0.2, 0.25) is 0 Å². The summed E-state index contributed by atoms with van der Waals surface area (Å²) in [6.45, 7) is 1.49. The van der Waals surface area contributed by atoms with Crippen molar-refractivity contribution in [1.82, 2.24) is 0 Å². The zero-order chi connectivity index (χ0) is 12.1. The summed E-state index contributed by atoms with van der Waals surface area (Å²) in [6, 6.07) is 2.29. The second-order valence-corrected chi connectivity index (χ2v) is 3.60. The van der Waals surface area contributed by atoms with Crippen molar-refractivity contribution < 1.29 is 9.31 Å². The van der Waals surface area contributed by atoms with Crippen LogP contribution in [0.15, 0.2) is 12.1 Å². The van der Waals surface area contributed by atoms with E-state index in [1.165, 1.54) is 6.92 Å². The zero-order valence-corrected chi connectivity index (χ0v) is 9.55. The van der Waals surface area contributed by atoms with Crippen LogP contribution in [0.1, 0.15) is 17.5 Å². The lowest BCUT2D eigenvalue weighted by Crippen LogP contribution is -1.95. The molecule has 0 unspecified atom stereocenters. The Kier molecular flexibility index (Phi) is 4.32. The summed E-state index contributed by atoms with van der Waals surface area (Å²) >= 11 is 3.96. The Morgan fingerprint density at radius 2 is 2.25 bits per heavy atom. The lowest BCUT2D eigenvalue weighted by molar-refractivity contribution is -0.385. The van der Waals surface area contributed by atoms with Crippen LogP contribution in [0.3, 0.4) is 0 Å². The van der Waals surface area contributed by atoms with Crippen LogP contribution in [0.25, 0.3) is 0 Å². The number of nitro benzene ring substituents is 1. The first kappa shape index (κ1) is 12.5. The maximum atomic E-state index is 13.4. The van der Waals surface area contributed by atoms with Crippen LogP contribution in [-0.4, -0.2) is 10.7 Å². The summed E-state index contributed by atoms with van der Waals surface area (Å²) in [6.07, 6.45) is 0.518. The molecule has 1 aromatic carbocycles. The molecule has 0 atom stereocenters. The number of aryl methyl sites for hydroxylation is 1. The number of nitro groups is 1. The topological polar surface area (TPSA) is 43.1 Å². The van der Waals surface area contributed by atoms with Gasteiger partial charge in [-0.15, -0.1) is 0 Å². The molecule has 0 fully saturated rings. The maximum Gasteiger partial charge on any atom is 0.273 e. The molecule has 16 heavy (non-hydrogen) atoms. The van der Waals surface area contributed by atoms with E-state index in [1.54, 1.807) is 0 Å². The molecule has 1 aromatic rings. The van der Waals surface area contributed by atoms with Crippen LogP contribution in [0.2, 0.25) is 0 Å². The molecule has 0 amide bonds. The van der Waals surface area contributed by atoms with Crippen molar-refractivity contribution in [2.24, 2.45) is 0 Å². The minimum Gasteiger partial charge on any atom is -0.258 e. The predicted molar refractivity (Wildman–Crippen MR) is 63.1 cm³/mol. The van der Waals surface area contributed by atoms with Crippen molar-refractivity contribution in [3.8, 4) is 11.8 Å². The average molecular weight is 239 g/mol. The standard InChI is InChI=1S/C11H10FNO2S/c1-8-6-10(12)9(4-2-3-5-16)7-11(8)13(14)15/h6-7,16H,3,5H2,1H3. The van der Waals surface area contributed by atoms with E-state index in [0.29, 0.717) is 17.7 Å². The van der Waals surface area contributed by atoms with Crippen LogP contribution < -0.4 is 0 Å². The third-order valence-corrected chi connectivity index (χ3v) is 2.17. The van der Waals surface area contributed by atoms with E-state index in [9.17, 15) is 14.5 Å². The van der Waals surface area contributed by atoms with Crippen molar-refractivity contribution in [2.45, 2.75) is 13.3 Å². The molecular weight excluding hydrogens is 229 g/mol. The van der Waals surface area contributed by atoms with Crippen molar-refractivity contribution in [2.75, 3.05) is 5.75 Å². The van der Waals surface area contributed by atoms with Gasteiger partial charge >= 0.3 is 0 Å². The monoisotopic (exact) mass is 239 g/mol. The first-order valence-electron chi connectivity index (χ1n) is 4.60. The zero-order valence-electron chi connectivity index (χ0n) is 8.66. The number of rotatable bonds is 2. The van der Waals surface area contributed by atoms with Crippen molar-refractivity contribution >= 4 is 18.3 Å². The first-order valence-corrected chi connectivity index (χ1v) is 5.23. The number of nitrogens with zero attached hydrogens (tertiary/aromatic N) is 1. The van der Waals surface area contributed by atoms with Gasteiger partial charge in [-0.2, -0.15) is 12.6 Å². The third-order valence-electron chi connectivity index (χ3n) is 1.94. The lowest BCUT2D eigenvalue weighted by Gasteiger charge is -1.99. The first-order chi connectivity index (χ1) is 7.56. The quantitative estimate of drug-likeness (QED) is 0.373. The van der Waals surface area contributed by atoms with Crippen molar-refractivity contribution in [1.29, 1.82) is 0 Å². The van der Waals surface area contributed by atoms with Crippen LogP contribution in [0, 0.1) is 34.7 Å². The molecule has 5 heteroatoms. The molecule has 0 bridgehead atoms. The van der Waals surface area contributed by atoms with Gasteiger partial charge in [0.15, 0.2) is 0 Å². The molecule has 0 aliphatic rings. The molecule has 0 spiro atoms. The molecule has 0 N–H and O–H groups in total. The Morgan fingerprint density at radius 1 is 1.56 bits per heavy atom. The molecule has 0 aliphatic heterocycles. The highest BCUT2D eigenvalue weighted by molar-refractivity contribution is 7.80. The van der Waals surface area contributed by atoms with Gasteiger partial charge < -0.3 is 0 Å². The highest BCUT2D eigenvalue weighted by Crippen LogP contribution is 2.21. The Morgan fingerprint density at radius 3 is 2.81 bits per heavy atom. The van der Waals surface area contributed by atoms with Crippen LogP contribution >= 0.6 is 12.6 Å². The highest BCUT2D eigenvalue weighted by Gasteiger charge is 2.14. The largest absolute Gasteiger partial charge is 0.273 e. The summed E-state index contributed by atoms with van der Waals surface area (Å²) in [4.78, 5) is 10.1. The Hall–Kier alpha value is -1.54. The molecule has 0 aromatic heterocycles. The fraction of sp³-hybridized carbons (Fsp3) is 0.273. The molecule has 3 nitrogen and oxygen atoms in total. The fourth-order valence-corrected chi connectivity index (χ4v) is 1.28. The summed E-state index contributed by atoms with van der Waals surface area (Å²) in [5, 5.41) is 10.6. The second-order valence-electron chi connectivity index (χ2n) is 3.15. The average Bonchev–Trinajstić information content (AvgIpc) is 2.21. The van der Waals surface area contributed by atoms with E-state index in [1.807, 2.05) is 0 Å². The minimum atomic E-state index is -0.543. The lowest BCUT2D eigenvalue weighted by atomic mass is 10.1. The van der Waals surface area contributed by atoms with Gasteiger partial charge in [-0.3, -0.25) is 10.1 Å². The van der Waals surface area contributed by atoms with E-state index in [-0.39, 0.29) is 11.3 Å². The fourth-order valence-electron chi connectivity index (χ4n) is 1.17. The minimum absolute atomic E-state index is 0.0547. The van der Waals surface area contributed by atoms with Gasteiger partial charge in [0.05, 0.1) is 10.5 Å². The van der Waals surface area contributed by atoms with Crippen molar-refractivity contribution in [3.05, 3.63) is 39.2 Å². The number of halogens is 1. The van der Waals surface area contributed by atoms with E-state index >= 15 is 0 Å². The van der Waals surface area contributed by atoms with Gasteiger partial charge in [0.1, 0.15) is 5.82 Å². The Bertz CT molecular complexity index is 477. The second kappa shape index (κ2) is 5.52. The number of hydrogen-bond acceptors (Lipinski definition) is 3. The van der Waals surface area contributed by atoms with E-state index < -0.39 is 10.7 Å². The van der Waals surface area contributed by atoms with E-state index in [0.717, 1.165) is 12.1 Å². The van der Waals surface area contributed by atoms with E-state index in [4.69, 9.17) is 0 Å². The van der Waals surface area contributed by atoms with E-state index in [2.05, 4.69) is 24.5 Å². The van der Waals surface area contributed by atoms with Gasteiger partial charge in [-0.25, -0.2) is 4.39 Å². The predicted octanol–water partition coefficient (Wildman–Crippen LogP) is 2.71. The van der Waals surface area contributed by atoms with Gasteiger partial charge in [-0.05, 0) is 13.0 Å². The number of hydrogen-bond donors (Lipinski definition) is 1.